The van der Waals surface area contributed by atoms with Gasteiger partial charge in [-0.05, 0) is 39.0 Å². The van der Waals surface area contributed by atoms with Gasteiger partial charge in [-0.3, -0.25) is 0 Å². The number of aliphatic hydroxyl groups excluding tert-OH is 1. The van der Waals surface area contributed by atoms with E-state index in [1.807, 2.05) is 20.8 Å². The maximum Gasteiger partial charge on any atom is 0.319 e. The zero-order valence-electron chi connectivity index (χ0n) is 11.2. The molecule has 0 fully saturated rings. The van der Waals surface area contributed by atoms with E-state index in [1.165, 1.54) is 0 Å². The molecular weight excluding hydrogens is 264 g/mol. The van der Waals surface area contributed by atoms with Crippen LogP contribution in [0.25, 0.3) is 0 Å². The molecule has 0 spiro atoms. The summed E-state index contributed by atoms with van der Waals surface area (Å²) in [7, 11) is 0. The van der Waals surface area contributed by atoms with E-state index >= 15 is 0 Å². The molecule has 0 aliphatic heterocycles. The van der Waals surface area contributed by atoms with E-state index in [-0.39, 0.29) is 18.2 Å². The van der Waals surface area contributed by atoms with Gasteiger partial charge in [-0.1, -0.05) is 23.4 Å². The smallest absolute Gasteiger partial charge is 0.319 e. The number of amides is 2. The highest BCUT2D eigenvalue weighted by Gasteiger charge is 2.14. The van der Waals surface area contributed by atoms with Crippen molar-refractivity contribution in [1.29, 1.82) is 0 Å². The molecular formula is C14H17ClN2O2. The lowest BCUT2D eigenvalue weighted by Gasteiger charge is -2.21. The van der Waals surface area contributed by atoms with Crippen molar-refractivity contribution in [2.45, 2.75) is 26.3 Å². The molecule has 1 rings (SSSR count). The normalized spacial score (nSPS) is 10.4. The standard InChI is InChI=1S/C14H17ClN2O2/c1-14(2,3)17-13(19)16-12-9-10(5-4-8-18)6-7-11(12)15/h6-7,9,18H,8H2,1-3H3,(H2,16,17,19). The van der Waals surface area contributed by atoms with Gasteiger partial charge in [0.05, 0.1) is 10.7 Å². The van der Waals surface area contributed by atoms with Crippen LogP contribution in [0.5, 0.6) is 0 Å². The lowest BCUT2D eigenvalue weighted by atomic mass is 10.1. The van der Waals surface area contributed by atoms with Gasteiger partial charge >= 0.3 is 6.03 Å². The fourth-order valence-electron chi connectivity index (χ4n) is 1.33. The number of halogens is 1. The summed E-state index contributed by atoms with van der Waals surface area (Å²) in [6.07, 6.45) is 0. The molecule has 3 N–H and O–H groups in total. The third-order valence-corrected chi connectivity index (χ3v) is 2.34. The first-order valence-corrected chi connectivity index (χ1v) is 6.18. The molecule has 0 heterocycles. The maximum absolute atomic E-state index is 11.7. The Balaban J connectivity index is 2.85. The van der Waals surface area contributed by atoms with Gasteiger partial charge in [0.2, 0.25) is 0 Å². The van der Waals surface area contributed by atoms with E-state index in [1.54, 1.807) is 18.2 Å². The molecule has 0 bridgehead atoms. The van der Waals surface area contributed by atoms with Crippen molar-refractivity contribution in [3.63, 3.8) is 0 Å². The second kappa shape index (κ2) is 6.46. The van der Waals surface area contributed by atoms with Gasteiger partial charge in [0, 0.05) is 11.1 Å². The highest BCUT2D eigenvalue weighted by Crippen LogP contribution is 2.22. The van der Waals surface area contributed by atoms with Crippen LogP contribution in [0.1, 0.15) is 26.3 Å². The Bertz CT molecular complexity index is 524. The van der Waals surface area contributed by atoms with Crippen LogP contribution in [0.4, 0.5) is 10.5 Å². The van der Waals surface area contributed by atoms with E-state index < -0.39 is 0 Å². The minimum Gasteiger partial charge on any atom is -0.384 e. The SMILES string of the molecule is CC(C)(C)NC(=O)Nc1cc(C#CCO)ccc1Cl. The predicted octanol–water partition coefficient (Wildman–Crippen LogP) is 2.60. The van der Waals surface area contributed by atoms with Crippen LogP contribution in [-0.4, -0.2) is 23.3 Å². The molecule has 4 nitrogen and oxygen atoms in total. The largest absolute Gasteiger partial charge is 0.384 e. The minimum atomic E-state index is -0.332. The number of hydrogen-bond acceptors (Lipinski definition) is 2. The second-order valence-corrected chi connectivity index (χ2v) is 5.39. The molecule has 102 valence electrons. The molecule has 1 aromatic carbocycles. The van der Waals surface area contributed by atoms with Gasteiger partial charge in [0.25, 0.3) is 0 Å². The summed E-state index contributed by atoms with van der Waals surface area (Å²) in [5, 5.41) is 14.5. The molecule has 0 aromatic heterocycles. The topological polar surface area (TPSA) is 61.4 Å². The van der Waals surface area contributed by atoms with Crippen LogP contribution >= 0.6 is 11.6 Å². The third kappa shape index (κ3) is 5.64. The fourth-order valence-corrected chi connectivity index (χ4v) is 1.50. The molecule has 0 saturated heterocycles. The summed E-state index contributed by atoms with van der Waals surface area (Å²) in [5.74, 6) is 5.29. The molecule has 5 heteroatoms. The fraction of sp³-hybridized carbons (Fsp3) is 0.357. The molecule has 1 aromatic rings. The van der Waals surface area contributed by atoms with Gasteiger partial charge in [-0.25, -0.2) is 4.79 Å². The lowest BCUT2D eigenvalue weighted by molar-refractivity contribution is 0.244. The van der Waals surface area contributed by atoms with Gasteiger partial charge in [0.1, 0.15) is 6.61 Å². The van der Waals surface area contributed by atoms with Crippen molar-refractivity contribution >= 4 is 23.3 Å². The zero-order chi connectivity index (χ0) is 14.5. The summed E-state index contributed by atoms with van der Waals surface area (Å²) < 4.78 is 0. The van der Waals surface area contributed by atoms with E-state index in [4.69, 9.17) is 16.7 Å². The molecule has 0 atom stereocenters. The Morgan fingerprint density at radius 2 is 2.11 bits per heavy atom. The van der Waals surface area contributed by atoms with Crippen LogP contribution in [0, 0.1) is 11.8 Å². The average molecular weight is 281 g/mol. The van der Waals surface area contributed by atoms with Crippen molar-refractivity contribution in [2.75, 3.05) is 11.9 Å². The number of carbonyl (C=O) groups is 1. The number of carbonyl (C=O) groups excluding carboxylic acids is 1. The van der Waals surface area contributed by atoms with Crippen molar-refractivity contribution in [3.05, 3.63) is 28.8 Å². The van der Waals surface area contributed by atoms with Crippen molar-refractivity contribution < 1.29 is 9.90 Å². The molecule has 0 aliphatic rings. The van der Waals surface area contributed by atoms with Gasteiger partial charge in [-0.2, -0.15) is 0 Å². The summed E-state index contributed by atoms with van der Waals surface area (Å²) in [4.78, 5) is 11.7. The second-order valence-electron chi connectivity index (χ2n) is 4.98. The van der Waals surface area contributed by atoms with Crippen molar-refractivity contribution in [1.82, 2.24) is 5.32 Å². The van der Waals surface area contributed by atoms with E-state index in [0.717, 1.165) is 0 Å². The van der Waals surface area contributed by atoms with Crippen LogP contribution in [0.2, 0.25) is 5.02 Å². The number of hydrogen-bond donors (Lipinski definition) is 3. The van der Waals surface area contributed by atoms with Crippen LogP contribution in [0.3, 0.4) is 0 Å². The zero-order valence-corrected chi connectivity index (χ0v) is 11.9. The summed E-state index contributed by atoms with van der Waals surface area (Å²) in [5.41, 5.74) is 0.822. The Morgan fingerprint density at radius 1 is 1.42 bits per heavy atom. The van der Waals surface area contributed by atoms with E-state index in [0.29, 0.717) is 16.3 Å². The van der Waals surface area contributed by atoms with Crippen molar-refractivity contribution in [3.8, 4) is 11.8 Å². The third-order valence-electron chi connectivity index (χ3n) is 2.01. The van der Waals surface area contributed by atoms with E-state index in [2.05, 4.69) is 22.5 Å². The summed E-state index contributed by atoms with van der Waals surface area (Å²) >= 11 is 6.01. The van der Waals surface area contributed by atoms with Crippen LogP contribution in [-0.2, 0) is 0 Å². The minimum absolute atomic E-state index is 0.212. The Labute approximate surface area is 118 Å². The first kappa shape index (κ1) is 15.4. The summed E-state index contributed by atoms with van der Waals surface area (Å²) in [6, 6.07) is 4.70. The number of benzene rings is 1. The highest BCUT2D eigenvalue weighted by molar-refractivity contribution is 6.33. The van der Waals surface area contributed by atoms with E-state index in [9.17, 15) is 4.79 Å². The first-order valence-electron chi connectivity index (χ1n) is 5.80. The van der Waals surface area contributed by atoms with Gasteiger partial charge in [0.15, 0.2) is 0 Å². The predicted molar refractivity (Wildman–Crippen MR) is 77.3 cm³/mol. The lowest BCUT2D eigenvalue weighted by Crippen LogP contribution is -2.43. The summed E-state index contributed by atoms with van der Waals surface area (Å²) in [6.45, 7) is 5.45. The molecule has 0 unspecified atom stereocenters. The number of nitrogens with one attached hydrogen (secondary N) is 2. The van der Waals surface area contributed by atoms with Crippen LogP contribution < -0.4 is 10.6 Å². The average Bonchev–Trinajstić information content (AvgIpc) is 2.27. The monoisotopic (exact) mass is 280 g/mol. The quantitative estimate of drug-likeness (QED) is 0.693. The molecule has 0 radical (unpaired) electrons. The molecule has 19 heavy (non-hydrogen) atoms. The maximum atomic E-state index is 11.7. The number of rotatable bonds is 1. The molecule has 0 aliphatic carbocycles. The Hall–Kier alpha value is -1.70. The number of aliphatic hydroxyl groups is 1. The van der Waals surface area contributed by atoms with Gasteiger partial charge in [-0.15, -0.1) is 0 Å². The number of anilines is 1. The Kier molecular flexibility index (Phi) is 5.22. The first-order chi connectivity index (χ1) is 8.81. The van der Waals surface area contributed by atoms with Crippen LogP contribution in [0.15, 0.2) is 18.2 Å². The Morgan fingerprint density at radius 3 is 2.68 bits per heavy atom. The molecule has 0 saturated carbocycles. The number of urea groups is 1. The van der Waals surface area contributed by atoms with Gasteiger partial charge < -0.3 is 15.7 Å². The molecule has 2 amide bonds. The highest BCUT2D eigenvalue weighted by atomic mass is 35.5. The van der Waals surface area contributed by atoms with Crippen molar-refractivity contribution in [2.24, 2.45) is 0 Å².